The van der Waals surface area contributed by atoms with Crippen molar-refractivity contribution in [3.05, 3.63) is 60.4 Å². The summed E-state index contributed by atoms with van der Waals surface area (Å²) in [5.74, 6) is 2.54. The molecule has 0 aliphatic rings. The molecule has 0 bridgehead atoms. The summed E-state index contributed by atoms with van der Waals surface area (Å²) in [6, 6.07) is 15.6. The van der Waals surface area contributed by atoms with Gasteiger partial charge in [-0.25, -0.2) is 0 Å². The maximum atomic E-state index is 12.2. The number of hydrogen-bond donors (Lipinski definition) is 2. The van der Waals surface area contributed by atoms with Crippen LogP contribution >= 0.6 is 0 Å². The zero-order valence-corrected chi connectivity index (χ0v) is 15.6. The van der Waals surface area contributed by atoms with Crippen LogP contribution in [-0.2, 0) is 11.4 Å². The first kappa shape index (κ1) is 19.3. The summed E-state index contributed by atoms with van der Waals surface area (Å²) in [5, 5.41) is 12.0. The third-order valence-electron chi connectivity index (χ3n) is 4.00. The molecule has 0 fully saturated rings. The lowest BCUT2D eigenvalue weighted by atomic mass is 10.1. The van der Waals surface area contributed by atoms with E-state index in [-0.39, 0.29) is 19.1 Å². The molecule has 3 aromatic rings. The first-order valence-corrected chi connectivity index (χ1v) is 8.57. The van der Waals surface area contributed by atoms with Crippen molar-refractivity contribution in [2.45, 2.75) is 6.61 Å². The minimum absolute atomic E-state index is 0.136. The van der Waals surface area contributed by atoms with E-state index in [4.69, 9.17) is 18.6 Å². The molecule has 0 aliphatic carbocycles. The van der Waals surface area contributed by atoms with Gasteiger partial charge in [0.25, 0.3) is 5.91 Å². The first-order valence-electron chi connectivity index (χ1n) is 8.57. The summed E-state index contributed by atoms with van der Waals surface area (Å²) >= 11 is 0. The molecule has 2 N–H and O–H groups in total. The van der Waals surface area contributed by atoms with Crippen LogP contribution in [0.1, 0.15) is 5.76 Å². The molecular formula is C21H21NO6. The van der Waals surface area contributed by atoms with Crippen molar-refractivity contribution in [3.8, 4) is 28.6 Å². The van der Waals surface area contributed by atoms with Crippen molar-refractivity contribution < 1.29 is 28.5 Å². The van der Waals surface area contributed by atoms with Gasteiger partial charge in [0.1, 0.15) is 35.4 Å². The molecule has 0 unspecified atom stereocenters. The van der Waals surface area contributed by atoms with E-state index in [1.807, 2.05) is 0 Å². The van der Waals surface area contributed by atoms with Crippen LogP contribution < -0.4 is 19.5 Å². The third-order valence-corrected chi connectivity index (χ3v) is 4.00. The van der Waals surface area contributed by atoms with E-state index < -0.39 is 0 Å². The molecule has 1 amide bonds. The van der Waals surface area contributed by atoms with E-state index in [1.165, 1.54) is 0 Å². The molecule has 146 valence electrons. The Balaban J connectivity index is 1.67. The molecule has 7 nitrogen and oxygen atoms in total. The first-order chi connectivity index (χ1) is 13.6. The molecule has 1 aromatic heterocycles. The Labute approximate surface area is 162 Å². The molecule has 7 heteroatoms. The van der Waals surface area contributed by atoms with Crippen LogP contribution in [0, 0.1) is 0 Å². The number of amides is 1. The monoisotopic (exact) mass is 383 g/mol. The van der Waals surface area contributed by atoms with E-state index in [9.17, 15) is 9.90 Å². The van der Waals surface area contributed by atoms with Crippen molar-refractivity contribution in [1.82, 2.24) is 0 Å². The third kappa shape index (κ3) is 4.63. The van der Waals surface area contributed by atoms with E-state index in [2.05, 4.69) is 5.32 Å². The van der Waals surface area contributed by atoms with Crippen molar-refractivity contribution in [2.75, 3.05) is 26.1 Å². The Morgan fingerprint density at radius 1 is 1.00 bits per heavy atom. The second-order valence-electron chi connectivity index (χ2n) is 5.85. The number of hydrogen-bond acceptors (Lipinski definition) is 6. The van der Waals surface area contributed by atoms with Gasteiger partial charge in [0, 0.05) is 5.69 Å². The Morgan fingerprint density at radius 2 is 1.75 bits per heavy atom. The Hall–Kier alpha value is -3.45. The van der Waals surface area contributed by atoms with Crippen LogP contribution in [0.5, 0.6) is 17.2 Å². The van der Waals surface area contributed by atoms with E-state index in [1.54, 1.807) is 68.8 Å². The second-order valence-corrected chi connectivity index (χ2v) is 5.85. The van der Waals surface area contributed by atoms with Crippen LogP contribution in [0.3, 0.4) is 0 Å². The minimum atomic E-state index is -0.303. The van der Waals surface area contributed by atoms with Crippen molar-refractivity contribution in [3.63, 3.8) is 0 Å². The fourth-order valence-corrected chi connectivity index (χ4v) is 2.60. The van der Waals surface area contributed by atoms with Gasteiger partial charge in [0.05, 0.1) is 19.8 Å². The molecule has 0 saturated heterocycles. The van der Waals surface area contributed by atoms with Crippen LogP contribution in [0.15, 0.2) is 59.0 Å². The highest BCUT2D eigenvalue weighted by Gasteiger charge is 2.13. The molecule has 0 aliphatic heterocycles. The maximum Gasteiger partial charge on any atom is 0.262 e. The molecule has 0 radical (unpaired) electrons. The number of nitrogens with one attached hydrogen (secondary N) is 1. The number of carbonyl (C=O) groups is 1. The topological polar surface area (TPSA) is 90.2 Å². The predicted octanol–water partition coefficient (Wildman–Crippen LogP) is 3.47. The van der Waals surface area contributed by atoms with E-state index in [0.29, 0.717) is 40.0 Å². The largest absolute Gasteiger partial charge is 0.497 e. The normalized spacial score (nSPS) is 10.4. The van der Waals surface area contributed by atoms with E-state index in [0.717, 1.165) is 0 Å². The number of aliphatic hydroxyl groups excluding tert-OH is 1. The van der Waals surface area contributed by atoms with Crippen LogP contribution in [0.4, 0.5) is 5.69 Å². The molecule has 1 heterocycles. The Morgan fingerprint density at radius 3 is 2.39 bits per heavy atom. The van der Waals surface area contributed by atoms with Crippen LogP contribution in [0.2, 0.25) is 0 Å². The fourth-order valence-electron chi connectivity index (χ4n) is 2.60. The number of rotatable bonds is 8. The lowest BCUT2D eigenvalue weighted by Crippen LogP contribution is -2.20. The average Bonchev–Trinajstić information content (AvgIpc) is 3.22. The lowest BCUT2D eigenvalue weighted by Gasteiger charge is -2.11. The summed E-state index contributed by atoms with van der Waals surface area (Å²) in [6.45, 7) is -0.329. The van der Waals surface area contributed by atoms with Crippen LogP contribution in [0.25, 0.3) is 11.3 Å². The highest BCUT2D eigenvalue weighted by Crippen LogP contribution is 2.33. The van der Waals surface area contributed by atoms with Gasteiger partial charge in [-0.2, -0.15) is 0 Å². The van der Waals surface area contributed by atoms with Gasteiger partial charge < -0.3 is 29.1 Å². The molecule has 0 saturated carbocycles. The molecule has 0 atom stereocenters. The van der Waals surface area contributed by atoms with Gasteiger partial charge >= 0.3 is 0 Å². The second kappa shape index (κ2) is 8.96. The van der Waals surface area contributed by atoms with Gasteiger partial charge in [-0.15, -0.1) is 0 Å². The van der Waals surface area contributed by atoms with Gasteiger partial charge in [0.2, 0.25) is 0 Å². The van der Waals surface area contributed by atoms with Crippen molar-refractivity contribution in [1.29, 1.82) is 0 Å². The molecule has 28 heavy (non-hydrogen) atoms. The zero-order chi connectivity index (χ0) is 19.9. The molecule has 3 rings (SSSR count). The number of furan rings is 1. The highest BCUT2D eigenvalue weighted by molar-refractivity contribution is 5.92. The van der Waals surface area contributed by atoms with Crippen molar-refractivity contribution in [2.24, 2.45) is 0 Å². The lowest BCUT2D eigenvalue weighted by molar-refractivity contribution is -0.118. The molecule has 0 spiro atoms. The van der Waals surface area contributed by atoms with Crippen molar-refractivity contribution >= 4 is 11.6 Å². The Bertz CT molecular complexity index is 932. The number of ether oxygens (including phenoxy) is 3. The number of carbonyl (C=O) groups excluding carboxylic acids is 1. The number of benzene rings is 2. The smallest absolute Gasteiger partial charge is 0.262 e. The van der Waals surface area contributed by atoms with Gasteiger partial charge in [-0.05, 0) is 54.6 Å². The number of anilines is 1. The summed E-state index contributed by atoms with van der Waals surface area (Å²) in [6.07, 6.45) is 0. The SMILES string of the molecule is COc1ccc(OCC(=O)Nc2ccc(OC)c(-c3ccc(CO)o3)c2)cc1. The average molecular weight is 383 g/mol. The summed E-state index contributed by atoms with van der Waals surface area (Å²) in [7, 11) is 3.13. The molecule has 2 aromatic carbocycles. The molecular weight excluding hydrogens is 362 g/mol. The summed E-state index contributed by atoms with van der Waals surface area (Å²) in [5.41, 5.74) is 1.23. The van der Waals surface area contributed by atoms with Gasteiger partial charge in [0.15, 0.2) is 6.61 Å². The maximum absolute atomic E-state index is 12.2. The summed E-state index contributed by atoms with van der Waals surface area (Å²) < 4.78 is 21.5. The number of methoxy groups -OCH3 is 2. The minimum Gasteiger partial charge on any atom is -0.497 e. The highest BCUT2D eigenvalue weighted by atomic mass is 16.5. The van der Waals surface area contributed by atoms with E-state index >= 15 is 0 Å². The van der Waals surface area contributed by atoms with Gasteiger partial charge in [-0.3, -0.25) is 4.79 Å². The van der Waals surface area contributed by atoms with Gasteiger partial charge in [-0.1, -0.05) is 0 Å². The Kier molecular flexibility index (Phi) is 6.18. The zero-order valence-electron chi connectivity index (χ0n) is 15.6. The fraction of sp³-hybridized carbons (Fsp3) is 0.190. The quantitative estimate of drug-likeness (QED) is 0.619. The summed E-state index contributed by atoms with van der Waals surface area (Å²) in [4.78, 5) is 12.2. The standard InChI is InChI=1S/C21H21NO6/c1-25-15-4-6-16(7-5-15)27-13-21(24)22-14-3-9-19(26-2)18(11-14)20-10-8-17(12-23)28-20/h3-11,23H,12-13H2,1-2H3,(H,22,24). The van der Waals surface area contributed by atoms with Crippen LogP contribution in [-0.4, -0.2) is 31.8 Å². The number of aliphatic hydroxyl groups is 1. The predicted molar refractivity (Wildman–Crippen MR) is 104 cm³/mol.